The second-order valence-corrected chi connectivity index (χ2v) is 5.13. The third-order valence-corrected chi connectivity index (χ3v) is 2.96. The molecule has 0 N–H and O–H groups in total. The maximum Gasteiger partial charge on any atom is 0.416 e. The van der Waals surface area contributed by atoms with Crippen LogP contribution in [0.3, 0.4) is 0 Å². The van der Waals surface area contributed by atoms with Gasteiger partial charge < -0.3 is 4.74 Å². The van der Waals surface area contributed by atoms with Crippen molar-refractivity contribution in [2.24, 2.45) is 5.92 Å². The van der Waals surface area contributed by atoms with Gasteiger partial charge in [-0.2, -0.15) is 13.2 Å². The molecule has 0 heterocycles. The normalized spacial score (nSPS) is 16.1. The Labute approximate surface area is 105 Å². The minimum absolute atomic E-state index is 0.0319. The van der Waals surface area contributed by atoms with Crippen molar-refractivity contribution in [1.82, 2.24) is 0 Å². The standard InChI is InChI=1S/C14H17F3O/c1-9(2)18-12-5-6-13(14(15,16)17)11(8-12)7-10-3-4-10/h5-6,8-10H,3-4,7H2,1-2H3. The van der Waals surface area contributed by atoms with E-state index in [1.165, 1.54) is 6.07 Å². The Balaban J connectivity index is 2.28. The van der Waals surface area contributed by atoms with Gasteiger partial charge in [0, 0.05) is 0 Å². The minimum atomic E-state index is -4.28. The van der Waals surface area contributed by atoms with Crippen molar-refractivity contribution >= 4 is 0 Å². The van der Waals surface area contributed by atoms with Gasteiger partial charge in [-0.25, -0.2) is 0 Å². The highest BCUT2D eigenvalue weighted by molar-refractivity contribution is 5.38. The molecule has 1 nitrogen and oxygen atoms in total. The first-order valence-electron chi connectivity index (χ1n) is 6.23. The number of hydrogen-bond acceptors (Lipinski definition) is 1. The summed E-state index contributed by atoms with van der Waals surface area (Å²) in [6.07, 6.45) is -1.74. The molecule has 0 spiro atoms. The lowest BCUT2D eigenvalue weighted by Gasteiger charge is -2.16. The lowest BCUT2D eigenvalue weighted by atomic mass is 10.0. The fourth-order valence-corrected chi connectivity index (χ4v) is 1.99. The number of halogens is 3. The van der Waals surface area contributed by atoms with Crippen molar-refractivity contribution < 1.29 is 17.9 Å². The summed E-state index contributed by atoms with van der Waals surface area (Å²) in [5.74, 6) is 0.939. The van der Waals surface area contributed by atoms with Crippen LogP contribution in [0.2, 0.25) is 0 Å². The van der Waals surface area contributed by atoms with E-state index in [2.05, 4.69) is 0 Å². The topological polar surface area (TPSA) is 9.23 Å². The highest BCUT2D eigenvalue weighted by Crippen LogP contribution is 2.39. The van der Waals surface area contributed by atoms with E-state index in [9.17, 15) is 13.2 Å². The molecule has 0 aliphatic heterocycles. The summed E-state index contributed by atoms with van der Waals surface area (Å²) >= 11 is 0. The fraction of sp³-hybridized carbons (Fsp3) is 0.571. The predicted molar refractivity (Wildman–Crippen MR) is 63.6 cm³/mol. The van der Waals surface area contributed by atoms with Crippen LogP contribution < -0.4 is 4.74 Å². The Hall–Kier alpha value is -1.19. The van der Waals surface area contributed by atoms with Gasteiger partial charge in [-0.15, -0.1) is 0 Å². The van der Waals surface area contributed by atoms with Gasteiger partial charge in [-0.3, -0.25) is 0 Å². The quantitative estimate of drug-likeness (QED) is 0.775. The zero-order valence-corrected chi connectivity index (χ0v) is 10.6. The van der Waals surface area contributed by atoms with Gasteiger partial charge in [0.2, 0.25) is 0 Å². The van der Waals surface area contributed by atoms with Crippen LogP contribution in [0.5, 0.6) is 5.75 Å². The molecule has 1 aliphatic carbocycles. The highest BCUT2D eigenvalue weighted by Gasteiger charge is 2.35. The van der Waals surface area contributed by atoms with E-state index in [-0.39, 0.29) is 6.10 Å². The average molecular weight is 258 g/mol. The summed E-state index contributed by atoms with van der Waals surface area (Å²) in [6, 6.07) is 4.08. The minimum Gasteiger partial charge on any atom is -0.491 e. The molecule has 0 unspecified atom stereocenters. The van der Waals surface area contributed by atoms with E-state index in [4.69, 9.17) is 4.74 Å². The van der Waals surface area contributed by atoms with Crippen LogP contribution in [-0.2, 0) is 12.6 Å². The summed E-state index contributed by atoms with van der Waals surface area (Å²) in [5.41, 5.74) is -0.159. The second-order valence-electron chi connectivity index (χ2n) is 5.13. The SMILES string of the molecule is CC(C)Oc1ccc(C(F)(F)F)c(CC2CC2)c1. The number of ether oxygens (including phenoxy) is 1. The molecule has 1 aliphatic rings. The van der Waals surface area contributed by atoms with Crippen molar-refractivity contribution in [1.29, 1.82) is 0 Å². The van der Waals surface area contributed by atoms with E-state index < -0.39 is 11.7 Å². The first-order valence-corrected chi connectivity index (χ1v) is 6.23. The molecule has 100 valence electrons. The third kappa shape index (κ3) is 3.40. The summed E-state index contributed by atoms with van der Waals surface area (Å²) < 4.78 is 44.1. The molecular formula is C14H17F3O. The molecule has 0 radical (unpaired) electrons. The third-order valence-electron chi connectivity index (χ3n) is 2.96. The molecule has 1 fully saturated rings. The van der Waals surface area contributed by atoms with Crippen LogP contribution in [0.15, 0.2) is 18.2 Å². The van der Waals surface area contributed by atoms with E-state index >= 15 is 0 Å². The Morgan fingerprint density at radius 2 is 1.94 bits per heavy atom. The smallest absolute Gasteiger partial charge is 0.416 e. The second kappa shape index (κ2) is 4.82. The highest BCUT2D eigenvalue weighted by atomic mass is 19.4. The van der Waals surface area contributed by atoms with Crippen molar-refractivity contribution in [3.8, 4) is 5.75 Å². The molecule has 0 saturated heterocycles. The molecule has 2 rings (SSSR count). The summed E-state index contributed by atoms with van der Waals surface area (Å²) in [7, 11) is 0. The van der Waals surface area contributed by atoms with Gasteiger partial charge in [-0.05, 0) is 62.8 Å². The summed E-state index contributed by atoms with van der Waals surface area (Å²) in [6.45, 7) is 3.72. The Morgan fingerprint density at radius 3 is 2.44 bits per heavy atom. The van der Waals surface area contributed by atoms with Crippen LogP contribution in [0.25, 0.3) is 0 Å². The van der Waals surface area contributed by atoms with Crippen LogP contribution in [0.1, 0.15) is 37.8 Å². The molecule has 0 amide bonds. The van der Waals surface area contributed by atoms with E-state index in [0.717, 1.165) is 18.9 Å². The van der Waals surface area contributed by atoms with Gasteiger partial charge in [0.05, 0.1) is 11.7 Å². The van der Waals surface area contributed by atoms with Gasteiger partial charge >= 0.3 is 6.18 Å². The molecular weight excluding hydrogens is 241 g/mol. The molecule has 4 heteroatoms. The van der Waals surface area contributed by atoms with E-state index in [1.54, 1.807) is 6.07 Å². The lowest BCUT2D eigenvalue weighted by Crippen LogP contribution is -2.11. The molecule has 1 aromatic carbocycles. The molecule has 1 saturated carbocycles. The van der Waals surface area contributed by atoms with Gasteiger partial charge in [0.15, 0.2) is 0 Å². The molecule has 0 atom stereocenters. The van der Waals surface area contributed by atoms with Crippen molar-refractivity contribution in [3.05, 3.63) is 29.3 Å². The van der Waals surface area contributed by atoms with Crippen molar-refractivity contribution in [2.75, 3.05) is 0 Å². The van der Waals surface area contributed by atoms with Gasteiger partial charge in [0.25, 0.3) is 0 Å². The van der Waals surface area contributed by atoms with E-state index in [0.29, 0.717) is 23.7 Å². The number of rotatable bonds is 4. The maximum atomic E-state index is 12.9. The zero-order valence-electron chi connectivity index (χ0n) is 10.6. The average Bonchev–Trinajstić information content (AvgIpc) is 2.98. The molecule has 0 bridgehead atoms. The van der Waals surface area contributed by atoms with E-state index in [1.807, 2.05) is 13.8 Å². The van der Waals surface area contributed by atoms with Crippen molar-refractivity contribution in [3.63, 3.8) is 0 Å². The molecule has 1 aromatic rings. The maximum absolute atomic E-state index is 12.9. The number of hydrogen-bond donors (Lipinski definition) is 0. The van der Waals surface area contributed by atoms with Crippen molar-refractivity contribution in [2.45, 2.75) is 45.4 Å². The zero-order chi connectivity index (χ0) is 13.3. The van der Waals surface area contributed by atoms with Crippen LogP contribution >= 0.6 is 0 Å². The van der Waals surface area contributed by atoms with Gasteiger partial charge in [0.1, 0.15) is 5.75 Å². The first kappa shape index (κ1) is 13.2. The largest absolute Gasteiger partial charge is 0.491 e. The first-order chi connectivity index (χ1) is 8.36. The predicted octanol–water partition coefficient (Wildman–Crippen LogP) is 4.45. The lowest BCUT2D eigenvalue weighted by molar-refractivity contribution is -0.138. The Bertz CT molecular complexity index is 420. The monoisotopic (exact) mass is 258 g/mol. The van der Waals surface area contributed by atoms with Gasteiger partial charge in [-0.1, -0.05) is 0 Å². The number of benzene rings is 1. The Kier molecular flexibility index (Phi) is 3.55. The Morgan fingerprint density at radius 1 is 1.28 bits per heavy atom. The summed E-state index contributed by atoms with van der Waals surface area (Å²) in [5, 5.41) is 0. The molecule has 0 aromatic heterocycles. The van der Waals surface area contributed by atoms with Crippen LogP contribution in [0.4, 0.5) is 13.2 Å². The fourth-order valence-electron chi connectivity index (χ4n) is 1.99. The summed E-state index contributed by atoms with van der Waals surface area (Å²) in [4.78, 5) is 0. The van der Waals surface area contributed by atoms with Crippen LogP contribution in [0, 0.1) is 5.92 Å². The molecule has 18 heavy (non-hydrogen) atoms. The number of alkyl halides is 3. The van der Waals surface area contributed by atoms with Crippen LogP contribution in [-0.4, -0.2) is 6.10 Å².